The van der Waals surface area contributed by atoms with E-state index < -0.39 is 0 Å². The number of fused-ring (bicyclic) bond motifs is 2. The molecule has 0 radical (unpaired) electrons. The van der Waals surface area contributed by atoms with E-state index in [4.69, 9.17) is 4.98 Å². The molecule has 6 rings (SSSR count). The summed E-state index contributed by atoms with van der Waals surface area (Å²) in [6.45, 7) is 5.14. The van der Waals surface area contributed by atoms with Crippen molar-refractivity contribution in [2.45, 2.75) is 37.8 Å². The molecular formula is C22H24N4O. The highest BCUT2D eigenvalue weighted by atomic mass is 16.3. The van der Waals surface area contributed by atoms with Gasteiger partial charge >= 0.3 is 0 Å². The second-order valence-corrected chi connectivity index (χ2v) is 8.14. The quantitative estimate of drug-likeness (QED) is 0.892. The van der Waals surface area contributed by atoms with Crippen LogP contribution in [0.2, 0.25) is 0 Å². The number of benzene rings is 1. The molecule has 4 aliphatic rings. The number of aryl methyl sites for hydroxylation is 1. The third-order valence-corrected chi connectivity index (χ3v) is 6.70. The van der Waals surface area contributed by atoms with Crippen molar-refractivity contribution >= 4 is 5.82 Å². The molecule has 27 heavy (non-hydrogen) atoms. The summed E-state index contributed by atoms with van der Waals surface area (Å²) in [5.74, 6) is 2.13. The molecule has 4 saturated heterocycles. The van der Waals surface area contributed by atoms with Crippen LogP contribution < -0.4 is 4.90 Å². The molecule has 1 N–H and O–H groups in total. The highest BCUT2D eigenvalue weighted by Gasteiger charge is 2.54. The molecular weight excluding hydrogens is 336 g/mol. The summed E-state index contributed by atoms with van der Waals surface area (Å²) < 4.78 is 0. The number of pyridine rings is 1. The molecule has 5 heterocycles. The summed E-state index contributed by atoms with van der Waals surface area (Å²) in [6, 6.07) is 14.7. The third-order valence-electron chi connectivity index (χ3n) is 6.70. The molecule has 1 aromatic heterocycles. The number of phenols is 1. The lowest BCUT2D eigenvalue weighted by atomic mass is 9.75. The Bertz CT molecular complexity index is 913. The molecule has 0 saturated carbocycles. The minimum Gasteiger partial charge on any atom is -0.508 e. The molecule has 0 amide bonds. The first-order valence-corrected chi connectivity index (χ1v) is 9.83. The van der Waals surface area contributed by atoms with Crippen molar-refractivity contribution in [1.29, 1.82) is 5.26 Å². The van der Waals surface area contributed by atoms with Crippen LogP contribution in [0.5, 0.6) is 5.75 Å². The number of hydrogen-bond donors (Lipinski definition) is 1. The Hall–Kier alpha value is -2.58. The molecule has 1 aromatic carbocycles. The number of anilines is 1. The van der Waals surface area contributed by atoms with Gasteiger partial charge in [0.15, 0.2) is 0 Å². The summed E-state index contributed by atoms with van der Waals surface area (Å²) in [6.07, 6.45) is 2.44. The van der Waals surface area contributed by atoms with Gasteiger partial charge in [-0.05, 0) is 68.6 Å². The van der Waals surface area contributed by atoms with Crippen LogP contribution in [0.25, 0.3) is 0 Å². The number of nitrogens with zero attached hydrogens (tertiary/aromatic N) is 4. The maximum atomic E-state index is 10.0. The van der Waals surface area contributed by atoms with Gasteiger partial charge in [0, 0.05) is 30.2 Å². The van der Waals surface area contributed by atoms with Gasteiger partial charge in [-0.1, -0.05) is 12.1 Å². The minimum absolute atomic E-state index is 0.319. The highest BCUT2D eigenvalue weighted by molar-refractivity contribution is 5.58. The lowest BCUT2D eigenvalue weighted by Gasteiger charge is -2.51. The Balaban J connectivity index is 1.61. The predicted molar refractivity (Wildman–Crippen MR) is 104 cm³/mol. The first-order valence-electron chi connectivity index (χ1n) is 9.83. The van der Waals surface area contributed by atoms with Crippen molar-refractivity contribution < 1.29 is 5.11 Å². The molecule has 3 unspecified atom stereocenters. The monoisotopic (exact) mass is 360 g/mol. The van der Waals surface area contributed by atoms with Crippen molar-refractivity contribution in [2.75, 3.05) is 24.5 Å². The van der Waals surface area contributed by atoms with E-state index in [0.717, 1.165) is 31.1 Å². The van der Waals surface area contributed by atoms with Crippen LogP contribution in [-0.4, -0.2) is 46.7 Å². The maximum absolute atomic E-state index is 10.0. The molecule has 4 fully saturated rings. The van der Waals surface area contributed by atoms with E-state index in [1.54, 1.807) is 6.07 Å². The van der Waals surface area contributed by atoms with E-state index >= 15 is 0 Å². The zero-order chi connectivity index (χ0) is 18.5. The minimum atomic E-state index is 0.319. The first kappa shape index (κ1) is 16.6. The fourth-order valence-electron chi connectivity index (χ4n) is 5.56. The first-order chi connectivity index (χ1) is 13.2. The Kier molecular flexibility index (Phi) is 3.84. The van der Waals surface area contributed by atoms with Crippen LogP contribution in [-0.2, 0) is 0 Å². The summed E-state index contributed by atoms with van der Waals surface area (Å²) in [4.78, 5) is 9.81. The lowest BCUT2D eigenvalue weighted by Crippen LogP contribution is -2.60. The van der Waals surface area contributed by atoms with Crippen molar-refractivity contribution in [2.24, 2.45) is 5.92 Å². The van der Waals surface area contributed by atoms with E-state index in [1.807, 2.05) is 31.2 Å². The van der Waals surface area contributed by atoms with Crippen LogP contribution in [0, 0.1) is 24.2 Å². The van der Waals surface area contributed by atoms with Crippen molar-refractivity contribution in [3.05, 3.63) is 53.2 Å². The second kappa shape index (κ2) is 6.24. The van der Waals surface area contributed by atoms with Crippen LogP contribution >= 0.6 is 0 Å². The SMILES string of the molecule is Cc1ccc(C#N)c(N2CC(c3cccc(O)c3)C3C2C2CCN3CC2)n1. The Morgan fingerprint density at radius 2 is 1.96 bits per heavy atom. The van der Waals surface area contributed by atoms with E-state index in [0.29, 0.717) is 35.2 Å². The van der Waals surface area contributed by atoms with E-state index in [9.17, 15) is 10.4 Å². The van der Waals surface area contributed by atoms with Gasteiger partial charge in [-0.2, -0.15) is 5.26 Å². The van der Waals surface area contributed by atoms with E-state index in [-0.39, 0.29) is 0 Å². The zero-order valence-electron chi connectivity index (χ0n) is 15.5. The predicted octanol–water partition coefficient (Wildman–Crippen LogP) is 3.03. The summed E-state index contributed by atoms with van der Waals surface area (Å²) in [7, 11) is 0. The van der Waals surface area contributed by atoms with Gasteiger partial charge in [-0.3, -0.25) is 4.90 Å². The molecule has 5 heteroatoms. The smallest absolute Gasteiger partial charge is 0.147 e. The molecule has 2 aromatic rings. The number of phenolic OH excluding ortho intramolecular Hbond substituents is 1. The number of nitriles is 1. The van der Waals surface area contributed by atoms with Crippen LogP contribution in [0.15, 0.2) is 36.4 Å². The van der Waals surface area contributed by atoms with E-state index in [1.165, 1.54) is 18.4 Å². The van der Waals surface area contributed by atoms with Crippen LogP contribution in [0.4, 0.5) is 5.82 Å². The number of hydrogen-bond acceptors (Lipinski definition) is 5. The van der Waals surface area contributed by atoms with Gasteiger partial charge in [0.05, 0.1) is 5.56 Å². The average Bonchev–Trinajstić information content (AvgIpc) is 3.12. The van der Waals surface area contributed by atoms with Crippen LogP contribution in [0.1, 0.15) is 35.6 Å². The average molecular weight is 360 g/mol. The zero-order valence-corrected chi connectivity index (χ0v) is 15.5. The molecule has 0 aliphatic carbocycles. The lowest BCUT2D eigenvalue weighted by molar-refractivity contribution is 0.0354. The molecule has 3 atom stereocenters. The third kappa shape index (κ3) is 2.59. The molecule has 138 valence electrons. The maximum Gasteiger partial charge on any atom is 0.147 e. The normalized spacial score (nSPS) is 31.6. The Labute approximate surface area is 159 Å². The van der Waals surface area contributed by atoms with Crippen LogP contribution in [0.3, 0.4) is 0 Å². The second-order valence-electron chi connectivity index (χ2n) is 8.14. The Morgan fingerprint density at radius 1 is 1.15 bits per heavy atom. The van der Waals surface area contributed by atoms with Crippen molar-refractivity contribution in [3.63, 3.8) is 0 Å². The molecule has 2 bridgehead atoms. The summed E-state index contributed by atoms with van der Waals surface area (Å²) in [5.41, 5.74) is 2.79. The molecule has 5 nitrogen and oxygen atoms in total. The molecule has 0 spiro atoms. The van der Waals surface area contributed by atoms with Crippen molar-refractivity contribution in [3.8, 4) is 11.8 Å². The van der Waals surface area contributed by atoms with Gasteiger partial charge in [-0.25, -0.2) is 4.98 Å². The topological polar surface area (TPSA) is 63.4 Å². The van der Waals surface area contributed by atoms with E-state index in [2.05, 4.69) is 21.9 Å². The summed E-state index contributed by atoms with van der Waals surface area (Å²) in [5, 5.41) is 19.7. The van der Waals surface area contributed by atoms with Gasteiger partial charge in [-0.15, -0.1) is 0 Å². The highest BCUT2D eigenvalue weighted by Crippen LogP contribution is 2.48. The standard InChI is InChI=1S/C22H24N4O/c1-14-5-6-17(12-23)22(24-14)26-13-19(16-3-2-4-18(27)11-16)21-20(26)15-7-9-25(21)10-8-15/h2-6,11,15,19-21,27H,7-10,13H2,1H3. The number of aromatic hydroxyl groups is 1. The summed E-state index contributed by atoms with van der Waals surface area (Å²) >= 11 is 0. The largest absolute Gasteiger partial charge is 0.508 e. The Morgan fingerprint density at radius 3 is 2.70 bits per heavy atom. The van der Waals surface area contributed by atoms with Gasteiger partial charge in [0.1, 0.15) is 17.6 Å². The number of aromatic nitrogens is 1. The fraction of sp³-hybridized carbons (Fsp3) is 0.455. The van der Waals surface area contributed by atoms with Crippen molar-refractivity contribution in [1.82, 2.24) is 9.88 Å². The molecule has 4 aliphatic heterocycles. The van der Waals surface area contributed by atoms with Gasteiger partial charge in [0.25, 0.3) is 0 Å². The van der Waals surface area contributed by atoms with Gasteiger partial charge in [0.2, 0.25) is 0 Å². The fourth-order valence-corrected chi connectivity index (χ4v) is 5.56. The number of piperidine rings is 3. The number of rotatable bonds is 2. The van der Waals surface area contributed by atoms with Gasteiger partial charge < -0.3 is 10.0 Å².